The number of rotatable bonds is 10. The molecule has 8 heteroatoms. The topological polar surface area (TPSA) is 97.0 Å². The number of aryl methyl sites for hydroxylation is 2. The summed E-state index contributed by atoms with van der Waals surface area (Å²) in [4.78, 5) is 38.6. The van der Waals surface area contributed by atoms with Crippen molar-refractivity contribution in [3.05, 3.63) is 53.6 Å². The quantitative estimate of drug-likeness (QED) is 0.539. The van der Waals surface area contributed by atoms with Crippen LogP contribution in [-0.4, -0.2) is 51.1 Å². The van der Waals surface area contributed by atoms with Crippen molar-refractivity contribution in [3.63, 3.8) is 0 Å². The molecule has 176 valence electrons. The normalized spacial score (nSPS) is 15.4. The standard InChI is InChI=1S/C25H31N3O5/c1-17-5-10-22(18(2)13-17)27-23(29)16-33-21-8-6-20(7-9-21)28-15-19(14-24(28)30)25(31)26-11-4-12-32-3/h5-10,13,19H,4,11-12,14-16H2,1-3H3,(H,26,31)(H,27,29)/t19-/m0/s1. The Labute approximate surface area is 194 Å². The van der Waals surface area contributed by atoms with Crippen LogP contribution in [-0.2, 0) is 19.1 Å². The van der Waals surface area contributed by atoms with E-state index in [1.807, 2.05) is 32.0 Å². The lowest BCUT2D eigenvalue weighted by Crippen LogP contribution is -2.33. The molecule has 33 heavy (non-hydrogen) atoms. The maximum atomic E-state index is 12.4. The zero-order valence-corrected chi connectivity index (χ0v) is 19.3. The first-order chi connectivity index (χ1) is 15.9. The smallest absolute Gasteiger partial charge is 0.262 e. The number of ether oxygens (including phenoxy) is 2. The second kappa shape index (κ2) is 11.5. The van der Waals surface area contributed by atoms with Crippen molar-refractivity contribution in [2.24, 2.45) is 5.92 Å². The largest absolute Gasteiger partial charge is 0.484 e. The van der Waals surface area contributed by atoms with Crippen LogP contribution in [0.15, 0.2) is 42.5 Å². The lowest BCUT2D eigenvalue weighted by molar-refractivity contribution is -0.126. The average molecular weight is 454 g/mol. The SMILES string of the molecule is COCCCNC(=O)[C@H]1CC(=O)N(c2ccc(OCC(=O)Nc3ccc(C)cc3C)cc2)C1. The van der Waals surface area contributed by atoms with Crippen LogP contribution in [0.1, 0.15) is 24.0 Å². The number of methoxy groups -OCH3 is 1. The van der Waals surface area contributed by atoms with E-state index in [1.54, 1.807) is 36.3 Å². The van der Waals surface area contributed by atoms with Gasteiger partial charge in [0.1, 0.15) is 5.75 Å². The van der Waals surface area contributed by atoms with E-state index in [2.05, 4.69) is 10.6 Å². The van der Waals surface area contributed by atoms with Crippen molar-refractivity contribution in [3.8, 4) is 5.75 Å². The molecular formula is C25H31N3O5. The molecule has 0 spiro atoms. The first kappa shape index (κ1) is 24.3. The van der Waals surface area contributed by atoms with Crippen LogP contribution in [0.2, 0.25) is 0 Å². The number of nitrogens with zero attached hydrogens (tertiary/aromatic N) is 1. The molecule has 1 saturated heterocycles. The number of nitrogens with one attached hydrogen (secondary N) is 2. The van der Waals surface area contributed by atoms with Crippen LogP contribution in [0.4, 0.5) is 11.4 Å². The van der Waals surface area contributed by atoms with Crippen LogP contribution < -0.4 is 20.3 Å². The Morgan fingerprint density at radius 1 is 1.12 bits per heavy atom. The Kier molecular flexibility index (Phi) is 8.43. The number of amides is 3. The Hall–Kier alpha value is -3.39. The molecule has 0 unspecified atom stereocenters. The molecule has 1 fully saturated rings. The summed E-state index contributed by atoms with van der Waals surface area (Å²) in [5, 5.41) is 5.70. The van der Waals surface area contributed by atoms with Crippen molar-refractivity contribution >= 4 is 29.1 Å². The molecule has 3 amide bonds. The highest BCUT2D eigenvalue weighted by Gasteiger charge is 2.34. The molecular weight excluding hydrogens is 422 g/mol. The molecule has 1 aliphatic rings. The Morgan fingerprint density at radius 2 is 1.88 bits per heavy atom. The summed E-state index contributed by atoms with van der Waals surface area (Å²) in [5.74, 6) is -0.302. The van der Waals surface area contributed by atoms with Crippen molar-refractivity contribution < 1.29 is 23.9 Å². The molecule has 1 heterocycles. The zero-order chi connectivity index (χ0) is 23.8. The van der Waals surface area contributed by atoms with Gasteiger partial charge in [-0.1, -0.05) is 17.7 Å². The third-order valence-corrected chi connectivity index (χ3v) is 5.49. The molecule has 0 aromatic heterocycles. The monoisotopic (exact) mass is 453 g/mol. The Bertz CT molecular complexity index is 990. The maximum Gasteiger partial charge on any atom is 0.262 e. The van der Waals surface area contributed by atoms with Gasteiger partial charge in [-0.3, -0.25) is 14.4 Å². The predicted molar refractivity (Wildman–Crippen MR) is 126 cm³/mol. The van der Waals surface area contributed by atoms with E-state index in [-0.39, 0.29) is 36.7 Å². The van der Waals surface area contributed by atoms with E-state index in [9.17, 15) is 14.4 Å². The summed E-state index contributed by atoms with van der Waals surface area (Å²) in [7, 11) is 1.62. The third-order valence-electron chi connectivity index (χ3n) is 5.49. The fraction of sp³-hybridized carbons (Fsp3) is 0.400. The van der Waals surface area contributed by atoms with E-state index in [4.69, 9.17) is 9.47 Å². The van der Waals surface area contributed by atoms with E-state index in [0.717, 1.165) is 23.2 Å². The second-order valence-electron chi connectivity index (χ2n) is 8.19. The second-order valence-corrected chi connectivity index (χ2v) is 8.19. The van der Waals surface area contributed by atoms with Crippen molar-refractivity contribution in [1.29, 1.82) is 0 Å². The van der Waals surface area contributed by atoms with Crippen molar-refractivity contribution in [2.45, 2.75) is 26.7 Å². The van der Waals surface area contributed by atoms with Gasteiger partial charge >= 0.3 is 0 Å². The van der Waals surface area contributed by atoms with Gasteiger partial charge in [-0.25, -0.2) is 0 Å². The van der Waals surface area contributed by atoms with Crippen LogP contribution in [0.5, 0.6) is 5.75 Å². The summed E-state index contributed by atoms with van der Waals surface area (Å²) in [6.45, 7) is 5.27. The number of carbonyl (C=O) groups is 3. The zero-order valence-electron chi connectivity index (χ0n) is 19.3. The number of carbonyl (C=O) groups excluding carboxylic acids is 3. The summed E-state index contributed by atoms with van der Waals surface area (Å²) >= 11 is 0. The Morgan fingerprint density at radius 3 is 2.58 bits per heavy atom. The molecule has 8 nitrogen and oxygen atoms in total. The lowest BCUT2D eigenvalue weighted by atomic mass is 10.1. The summed E-state index contributed by atoms with van der Waals surface area (Å²) in [6.07, 6.45) is 0.920. The fourth-order valence-electron chi connectivity index (χ4n) is 3.72. The minimum atomic E-state index is -0.370. The van der Waals surface area contributed by atoms with Gasteiger partial charge in [0.25, 0.3) is 5.91 Å². The van der Waals surface area contributed by atoms with Gasteiger partial charge < -0.3 is 25.0 Å². The third kappa shape index (κ3) is 6.79. The van der Waals surface area contributed by atoms with Crippen molar-refractivity contribution in [1.82, 2.24) is 5.32 Å². The van der Waals surface area contributed by atoms with Crippen LogP contribution in [0.25, 0.3) is 0 Å². The van der Waals surface area contributed by atoms with Gasteiger partial charge in [-0.15, -0.1) is 0 Å². The molecule has 0 radical (unpaired) electrons. The summed E-state index contributed by atoms with van der Waals surface area (Å²) in [5.41, 5.74) is 3.58. The van der Waals surface area contributed by atoms with Crippen LogP contribution in [0.3, 0.4) is 0 Å². The number of hydrogen-bond acceptors (Lipinski definition) is 5. The predicted octanol–water partition coefficient (Wildman–Crippen LogP) is 2.83. The number of anilines is 2. The highest BCUT2D eigenvalue weighted by atomic mass is 16.5. The molecule has 0 saturated carbocycles. The lowest BCUT2D eigenvalue weighted by Gasteiger charge is -2.17. The minimum Gasteiger partial charge on any atom is -0.484 e. The van der Waals surface area contributed by atoms with Gasteiger partial charge in [0.2, 0.25) is 11.8 Å². The minimum absolute atomic E-state index is 0.0893. The maximum absolute atomic E-state index is 12.4. The first-order valence-corrected chi connectivity index (χ1v) is 11.0. The van der Waals surface area contributed by atoms with Crippen molar-refractivity contribution in [2.75, 3.05) is 43.6 Å². The molecule has 1 atom stereocenters. The fourth-order valence-corrected chi connectivity index (χ4v) is 3.72. The van der Waals surface area contributed by atoms with Gasteiger partial charge in [0.15, 0.2) is 6.61 Å². The molecule has 0 bridgehead atoms. The number of benzene rings is 2. The summed E-state index contributed by atoms with van der Waals surface area (Å²) in [6, 6.07) is 12.8. The first-order valence-electron chi connectivity index (χ1n) is 11.0. The summed E-state index contributed by atoms with van der Waals surface area (Å²) < 4.78 is 10.6. The van der Waals surface area contributed by atoms with Gasteiger partial charge in [-0.2, -0.15) is 0 Å². The molecule has 2 aromatic carbocycles. The van der Waals surface area contributed by atoms with Gasteiger partial charge in [0.05, 0.1) is 5.92 Å². The molecule has 0 aliphatic carbocycles. The highest BCUT2D eigenvalue weighted by Crippen LogP contribution is 2.27. The van der Waals surface area contributed by atoms with Crippen LogP contribution in [0, 0.1) is 19.8 Å². The van der Waals surface area contributed by atoms with Gasteiger partial charge in [0, 0.05) is 44.6 Å². The molecule has 2 N–H and O–H groups in total. The van der Waals surface area contributed by atoms with E-state index >= 15 is 0 Å². The molecule has 2 aromatic rings. The highest BCUT2D eigenvalue weighted by molar-refractivity contribution is 6.00. The molecule has 1 aliphatic heterocycles. The van der Waals surface area contributed by atoms with Crippen LogP contribution >= 0.6 is 0 Å². The van der Waals surface area contributed by atoms with E-state index in [1.165, 1.54) is 0 Å². The Balaban J connectivity index is 1.49. The average Bonchev–Trinajstić information content (AvgIpc) is 3.19. The molecule has 3 rings (SSSR count). The van der Waals surface area contributed by atoms with E-state index in [0.29, 0.717) is 31.1 Å². The number of hydrogen-bond donors (Lipinski definition) is 2. The van der Waals surface area contributed by atoms with E-state index < -0.39 is 0 Å². The van der Waals surface area contributed by atoms with Gasteiger partial charge in [-0.05, 0) is 56.2 Å².